The molecule has 0 radical (unpaired) electrons. The van der Waals surface area contributed by atoms with Gasteiger partial charge >= 0.3 is 0 Å². The van der Waals surface area contributed by atoms with Crippen LogP contribution in [0.4, 0.5) is 0 Å². The summed E-state index contributed by atoms with van der Waals surface area (Å²) < 4.78 is 0. The van der Waals surface area contributed by atoms with Crippen molar-refractivity contribution in [2.45, 2.75) is 0 Å². The molecule has 0 bridgehead atoms. The lowest BCUT2D eigenvalue weighted by molar-refractivity contribution is 1.17. The van der Waals surface area contributed by atoms with Crippen LogP contribution in [0.25, 0.3) is 233 Å². The molecule has 618 valence electrons. The minimum atomic E-state index is 0.696. The predicted octanol–water partition coefficient (Wildman–Crippen LogP) is 31.5. The molecule has 6 heterocycles. The zero-order chi connectivity index (χ0) is 87.9. The van der Waals surface area contributed by atoms with Crippen LogP contribution >= 0.6 is 0 Å². The van der Waals surface area contributed by atoms with E-state index in [2.05, 4.69) is 436 Å². The number of hydrogen-bond acceptors (Lipinski definition) is 9. The summed E-state index contributed by atoms with van der Waals surface area (Å²) in [5.41, 5.74) is 30.5. The van der Waals surface area contributed by atoms with Gasteiger partial charge in [0.05, 0.1) is 39.9 Å². The molecular weight excluding hydrogens is 1600 g/mol. The number of benzene rings is 18. The van der Waals surface area contributed by atoms with Gasteiger partial charge in [-0.2, -0.15) is 0 Å². The summed E-state index contributed by atoms with van der Waals surface area (Å²) in [4.78, 5) is 42.2. The Morgan fingerprint density at radius 3 is 0.765 bits per heavy atom. The fourth-order valence-electron chi connectivity index (χ4n) is 18.2. The Bertz CT molecular complexity index is 7390. The summed E-state index contributed by atoms with van der Waals surface area (Å²) in [5.74, 6) is 0.696. The fraction of sp³-hybridized carbons (Fsp3) is 0. The van der Waals surface area contributed by atoms with Gasteiger partial charge in [-0.15, -0.1) is 0 Å². The third-order valence-electron chi connectivity index (χ3n) is 24.5. The molecule has 6 aromatic heterocycles. The van der Waals surface area contributed by atoms with Gasteiger partial charge in [0.1, 0.15) is 12.7 Å². The number of nitrogens with zero attached hydrogens (tertiary/aromatic N) is 9. The van der Waals surface area contributed by atoms with Gasteiger partial charge in [-0.3, -0.25) is 0 Å². The van der Waals surface area contributed by atoms with Gasteiger partial charge in [0.2, 0.25) is 0 Å². The number of pyridine rings is 3. The Balaban J connectivity index is 0.000000116. The Labute approximate surface area is 764 Å². The van der Waals surface area contributed by atoms with Crippen molar-refractivity contribution >= 4 is 64.6 Å². The first kappa shape index (κ1) is 80.1. The first-order chi connectivity index (χ1) is 65.4. The zero-order valence-electron chi connectivity index (χ0n) is 71.8. The molecule has 0 fully saturated rings. The second-order valence-corrected chi connectivity index (χ2v) is 32.8. The summed E-state index contributed by atoms with van der Waals surface area (Å²) in [6.45, 7) is 0. The summed E-state index contributed by atoms with van der Waals surface area (Å²) in [6.07, 6.45) is 12.3. The van der Waals surface area contributed by atoms with E-state index >= 15 is 0 Å². The topological polar surface area (TPSA) is 116 Å². The van der Waals surface area contributed by atoms with Crippen molar-refractivity contribution in [3.8, 4) is 168 Å². The highest BCUT2D eigenvalue weighted by atomic mass is 14.9. The lowest BCUT2D eigenvalue weighted by Gasteiger charge is -2.16. The first-order valence-corrected chi connectivity index (χ1v) is 44.3. The minimum absolute atomic E-state index is 0.696. The normalized spacial score (nSPS) is 11.2. The Morgan fingerprint density at radius 1 is 0.136 bits per heavy atom. The SMILES string of the molecule is c1ccc(-c2cc(-c3cc(-c4cncnc4)cc(-c4cc5ccccc5c5ccccc45)c3)cc(-c3ccccc3)n2)cc1.c1ccc(-c2cc(-c3cc(-c4ncccn4)cc(-c4cc5ccccc5c5ccccc45)c3)cc(-c3ccccc3)n2)cc1.c1ccc(-c2cc(-c3ccccc3)nc(-c3cc(-c4ccncn4)cc(-c4cc5ccccc5c5ccccc45)c3)c2)cc1. The largest absolute Gasteiger partial charge is 0.248 e. The summed E-state index contributed by atoms with van der Waals surface area (Å²) >= 11 is 0. The highest BCUT2D eigenvalue weighted by molar-refractivity contribution is 6.17. The van der Waals surface area contributed by atoms with Crippen molar-refractivity contribution in [1.29, 1.82) is 0 Å². The molecule has 0 spiro atoms. The van der Waals surface area contributed by atoms with E-state index in [1.807, 2.05) is 54.9 Å². The Morgan fingerprint density at radius 2 is 0.402 bits per heavy atom. The van der Waals surface area contributed by atoms with Crippen molar-refractivity contribution in [3.05, 3.63) is 493 Å². The molecule has 0 atom stereocenters. The summed E-state index contributed by atoms with van der Waals surface area (Å²) in [6, 6.07) is 158. The molecule has 9 heteroatoms. The molecule has 0 amide bonds. The van der Waals surface area contributed by atoms with E-state index in [9.17, 15) is 0 Å². The molecule has 0 unspecified atom stereocenters. The number of hydrogen-bond donors (Lipinski definition) is 0. The number of aromatic nitrogens is 9. The summed E-state index contributed by atoms with van der Waals surface area (Å²) in [7, 11) is 0. The maximum absolute atomic E-state index is 5.25. The van der Waals surface area contributed by atoms with Crippen molar-refractivity contribution < 1.29 is 0 Å². The molecule has 24 aromatic rings. The zero-order valence-corrected chi connectivity index (χ0v) is 71.8. The van der Waals surface area contributed by atoms with Gasteiger partial charge < -0.3 is 0 Å². The lowest BCUT2D eigenvalue weighted by atomic mass is 9.89. The molecule has 0 aliphatic heterocycles. The quantitative estimate of drug-likeness (QED) is 0.0925. The van der Waals surface area contributed by atoms with Gasteiger partial charge in [-0.25, -0.2) is 44.9 Å². The second kappa shape index (κ2) is 36.3. The molecule has 24 rings (SSSR count). The molecule has 0 saturated heterocycles. The Kier molecular flexibility index (Phi) is 22.0. The van der Waals surface area contributed by atoms with Crippen LogP contribution in [0.2, 0.25) is 0 Å². The summed E-state index contributed by atoms with van der Waals surface area (Å²) in [5, 5.41) is 14.8. The van der Waals surface area contributed by atoms with Crippen LogP contribution in [-0.4, -0.2) is 44.9 Å². The molecule has 0 aliphatic rings. The van der Waals surface area contributed by atoms with E-state index in [0.717, 1.165) is 146 Å². The van der Waals surface area contributed by atoms with Gasteiger partial charge in [-0.1, -0.05) is 328 Å². The highest BCUT2D eigenvalue weighted by Crippen LogP contribution is 2.46. The van der Waals surface area contributed by atoms with Crippen LogP contribution in [0.1, 0.15) is 0 Å². The molecule has 18 aromatic carbocycles. The Hall–Kier alpha value is -17.8. The lowest BCUT2D eigenvalue weighted by Crippen LogP contribution is -1.94. The molecule has 9 nitrogen and oxygen atoms in total. The number of rotatable bonds is 15. The van der Waals surface area contributed by atoms with E-state index in [4.69, 9.17) is 15.0 Å². The van der Waals surface area contributed by atoms with E-state index < -0.39 is 0 Å². The average Bonchev–Trinajstić information content (AvgIpc) is 0.755. The van der Waals surface area contributed by atoms with E-state index in [1.165, 1.54) is 81.3 Å². The maximum Gasteiger partial charge on any atom is 0.159 e. The van der Waals surface area contributed by atoms with Gasteiger partial charge in [0, 0.05) is 81.1 Å². The third-order valence-corrected chi connectivity index (χ3v) is 24.5. The van der Waals surface area contributed by atoms with Crippen LogP contribution < -0.4 is 0 Å². The van der Waals surface area contributed by atoms with Crippen molar-refractivity contribution in [1.82, 2.24) is 44.9 Å². The third kappa shape index (κ3) is 16.7. The number of fused-ring (bicyclic) bond motifs is 9. The van der Waals surface area contributed by atoms with Crippen molar-refractivity contribution in [2.75, 3.05) is 0 Å². The van der Waals surface area contributed by atoms with Crippen LogP contribution in [0.5, 0.6) is 0 Å². The van der Waals surface area contributed by atoms with Crippen LogP contribution in [0.15, 0.2) is 493 Å². The molecule has 132 heavy (non-hydrogen) atoms. The van der Waals surface area contributed by atoms with E-state index in [-0.39, 0.29) is 0 Å². The fourth-order valence-corrected chi connectivity index (χ4v) is 18.2. The van der Waals surface area contributed by atoms with Crippen molar-refractivity contribution in [3.63, 3.8) is 0 Å². The monoisotopic (exact) mass is 1680 g/mol. The molecule has 0 aliphatic carbocycles. The average molecular weight is 1690 g/mol. The van der Waals surface area contributed by atoms with Gasteiger partial charge in [0.15, 0.2) is 5.82 Å². The molecular formula is C123H81N9. The minimum Gasteiger partial charge on any atom is -0.248 e. The van der Waals surface area contributed by atoms with Gasteiger partial charge in [0.25, 0.3) is 0 Å². The molecule has 0 N–H and O–H groups in total. The van der Waals surface area contributed by atoms with Crippen LogP contribution in [0, 0.1) is 0 Å². The van der Waals surface area contributed by atoms with Crippen LogP contribution in [-0.2, 0) is 0 Å². The standard InChI is InChI=1S/3C41H27N3/c1-3-12-28(13-4-1)39-26-32(27-40(44-39)29-14-5-2-6-15-29)31-22-33(24-34(23-31)41-42-20-11-21-43-41)38-25-30-16-7-8-17-35(30)36-18-9-10-19-37(36)38;1-3-11-28(12-4-1)40-23-33(24-41(44-40)29-13-5-2-6-14-29)31-19-32(35-25-42-27-43-26-35)21-34(20-31)39-22-30-15-7-8-16-36(30)37-17-9-10-18-38(37)39;1-3-11-28(12-4-1)31-25-40(29-13-5-2-6-14-29)44-41(26-31)34-22-32(21-33(23-34)39-19-20-42-27-43-39)38-24-30-15-7-8-16-35(30)36-17-9-10-18-37(36)38/h3*1-27H. The smallest absolute Gasteiger partial charge is 0.159 e. The second-order valence-electron chi connectivity index (χ2n) is 32.8. The molecule has 0 saturated carbocycles. The predicted molar refractivity (Wildman–Crippen MR) is 546 cm³/mol. The van der Waals surface area contributed by atoms with Gasteiger partial charge in [-0.05, 0) is 258 Å². The highest BCUT2D eigenvalue weighted by Gasteiger charge is 2.21. The first-order valence-electron chi connectivity index (χ1n) is 44.3. The van der Waals surface area contributed by atoms with E-state index in [1.54, 1.807) is 31.2 Å². The van der Waals surface area contributed by atoms with E-state index in [0.29, 0.717) is 5.82 Å². The van der Waals surface area contributed by atoms with Crippen LogP contribution in [0.3, 0.4) is 0 Å². The van der Waals surface area contributed by atoms with Crippen molar-refractivity contribution in [2.24, 2.45) is 0 Å². The maximum atomic E-state index is 5.25.